The van der Waals surface area contributed by atoms with Gasteiger partial charge in [0.15, 0.2) is 69.0 Å². The van der Waals surface area contributed by atoms with Crippen LogP contribution in [0.25, 0.3) is 0 Å². The Bertz CT molecular complexity index is 4650. The number of halogens is 3. The summed E-state index contributed by atoms with van der Waals surface area (Å²) in [6, 6.07) is 33.2. The fourth-order valence-electron chi connectivity index (χ4n) is 16.6. The van der Waals surface area contributed by atoms with E-state index in [1.54, 1.807) is 98.2 Å². The maximum absolute atomic E-state index is 14.1. The van der Waals surface area contributed by atoms with Crippen molar-refractivity contribution >= 4 is 69.8 Å². The normalized spacial score (nSPS) is 16.4. The van der Waals surface area contributed by atoms with Gasteiger partial charge in [-0.2, -0.15) is 0 Å². The first-order valence-electron chi connectivity index (χ1n) is 46.6. The second-order valence-electron chi connectivity index (χ2n) is 35.5. The number of rotatable bonds is 21. The number of hydrogen-bond donors (Lipinski definition) is 5. The van der Waals surface area contributed by atoms with Crippen LogP contribution in [0.2, 0.25) is 0 Å². The number of piperidine rings is 2. The zero-order valence-electron chi connectivity index (χ0n) is 81.5. The molecule has 0 aliphatic carbocycles. The number of carbonyl (C=O) groups excluding carboxylic acids is 4. The van der Waals surface area contributed by atoms with Gasteiger partial charge in [-0.05, 0) is 193 Å². The number of nitrogens with two attached hydrogens (primary N) is 2. The average Bonchev–Trinajstić information content (AvgIpc) is 0.745. The first-order valence-corrected chi connectivity index (χ1v) is 47.8. The van der Waals surface area contributed by atoms with E-state index < -0.39 is 20.5 Å². The monoisotopic (exact) mass is 1950 g/mol. The smallest absolute Gasteiger partial charge is 0.272 e. The van der Waals surface area contributed by atoms with Crippen molar-refractivity contribution in [1.82, 2.24) is 25.8 Å². The molecule has 136 heavy (non-hydrogen) atoms. The Hall–Kier alpha value is -10.5. The van der Waals surface area contributed by atoms with Crippen molar-refractivity contribution in [3.63, 3.8) is 0 Å². The van der Waals surface area contributed by atoms with Gasteiger partial charge in [0.2, 0.25) is 40.7 Å². The number of anilines is 2. The first-order chi connectivity index (χ1) is 65.4. The van der Waals surface area contributed by atoms with E-state index in [4.69, 9.17) is 141 Å². The summed E-state index contributed by atoms with van der Waals surface area (Å²) in [6.45, 7) is 22.8. The topological polar surface area (TPSA) is 347 Å². The zero-order valence-corrected chi connectivity index (χ0v) is 83.7. The zero-order chi connectivity index (χ0) is 97.8. The van der Waals surface area contributed by atoms with Gasteiger partial charge in [-0.15, -0.1) is 0 Å². The Morgan fingerprint density at radius 2 is 0.662 bits per heavy atom. The van der Waals surface area contributed by atoms with Gasteiger partial charge in [0.1, 0.15) is 26.4 Å². The van der Waals surface area contributed by atoms with Crippen molar-refractivity contribution in [2.24, 2.45) is 0 Å². The summed E-state index contributed by atoms with van der Waals surface area (Å²) in [5.41, 5.74) is 18.8. The van der Waals surface area contributed by atoms with Gasteiger partial charge in [-0.1, -0.05) is 94.5 Å². The van der Waals surface area contributed by atoms with Crippen molar-refractivity contribution in [2.45, 2.75) is 157 Å². The minimum Gasteiger partial charge on any atom is -0.493 e. The highest BCUT2D eigenvalue weighted by molar-refractivity contribution is 6.76. The minimum absolute atomic E-state index is 0.00220. The SMILES string of the molecule is COc1cc2cc(OC)c1OCCCCOc1c(OC)cc(cc1OC)C1(CCN(C(=O)CCNC(=O)C(Cl)(Cl)Cl)CC1)c1cc(OC)c(c(OC)c1)OCCCCOc1c(OC)cc(cc1OC)C21CCN(C(=O)CCNC(=O)CCCCNCc2cc(C(C)(C)C)cc(C(C)(C)C)c2)CC1.Nc1ccc2c(c1)OCCOCCOCCOc1cc(N)ccc1OCCOCCOCCO2. The molecule has 7 aromatic carbocycles. The third kappa shape index (κ3) is 30.5. The number of fused-ring (bicyclic) bond motifs is 2. The van der Waals surface area contributed by atoms with Crippen molar-refractivity contribution in [3.8, 4) is 92.0 Å². The van der Waals surface area contributed by atoms with Crippen molar-refractivity contribution < 1.29 is 114 Å². The highest BCUT2D eigenvalue weighted by Gasteiger charge is 2.45. The molecule has 8 bridgehead atoms. The molecule has 0 saturated carbocycles. The number of ether oxygens (including phenoxy) is 20. The number of nitrogens with one attached hydrogen (secondary N) is 3. The second-order valence-corrected chi connectivity index (χ2v) is 37.8. The number of hydrogen-bond acceptors (Lipinski definition) is 27. The van der Waals surface area contributed by atoms with Crippen LogP contribution in [-0.4, -0.2) is 246 Å². The maximum atomic E-state index is 14.1. The fourth-order valence-corrected chi connectivity index (χ4v) is 16.8. The van der Waals surface area contributed by atoms with Gasteiger partial charge in [0, 0.05) is 99.4 Å². The second kappa shape index (κ2) is 52.9. The van der Waals surface area contributed by atoms with Crippen LogP contribution in [0, 0.1) is 0 Å². The van der Waals surface area contributed by atoms with Crippen molar-refractivity contribution in [2.75, 3.05) is 220 Å². The molecule has 0 aromatic heterocycles. The number of nitrogen functional groups attached to an aromatic ring is 2. The number of likely N-dealkylation sites (tertiary alicyclic amines) is 2. The highest BCUT2D eigenvalue weighted by atomic mass is 35.6. The first kappa shape index (κ1) is 108. The Balaban J connectivity index is 0.000000469. The lowest BCUT2D eigenvalue weighted by molar-refractivity contribution is -0.133. The van der Waals surface area contributed by atoms with Gasteiger partial charge >= 0.3 is 0 Å². The lowest BCUT2D eigenvalue weighted by Crippen LogP contribution is -2.46. The van der Waals surface area contributed by atoms with Crippen LogP contribution in [0.15, 0.2) is 103 Å². The van der Waals surface area contributed by atoms with Crippen LogP contribution in [0.4, 0.5) is 11.4 Å². The van der Waals surface area contributed by atoms with Crippen LogP contribution in [-0.2, 0) is 66.3 Å². The Kier molecular flexibility index (Phi) is 41.8. The maximum Gasteiger partial charge on any atom is 0.272 e. The minimum atomic E-state index is -2.16. The molecular formula is C102H140Cl3N7O24. The molecule has 20 rings (SSSR count). The lowest BCUT2D eigenvalue weighted by atomic mass is 9.67. The van der Waals surface area contributed by atoms with Crippen molar-refractivity contribution in [1.29, 1.82) is 0 Å². The molecule has 13 aliphatic heterocycles. The van der Waals surface area contributed by atoms with E-state index in [0.29, 0.717) is 267 Å². The average molecular weight is 1950 g/mol. The van der Waals surface area contributed by atoms with Crippen molar-refractivity contribution in [3.05, 3.63) is 142 Å². The van der Waals surface area contributed by atoms with Crippen LogP contribution >= 0.6 is 34.8 Å². The molecule has 0 atom stereocenters. The summed E-state index contributed by atoms with van der Waals surface area (Å²) >= 11 is 17.3. The third-order valence-corrected chi connectivity index (χ3v) is 24.8. The number of benzene rings is 7. The largest absolute Gasteiger partial charge is 0.493 e. The molecule has 2 saturated heterocycles. The van der Waals surface area contributed by atoms with Gasteiger partial charge < -0.3 is 132 Å². The van der Waals surface area contributed by atoms with E-state index in [2.05, 4.69) is 75.7 Å². The molecule has 0 radical (unpaired) electrons. The van der Waals surface area contributed by atoms with E-state index in [9.17, 15) is 19.2 Å². The summed E-state index contributed by atoms with van der Waals surface area (Å²) in [5, 5.41) is 9.12. The van der Waals surface area contributed by atoms with Crippen LogP contribution < -0.4 is 103 Å². The Morgan fingerprint density at radius 1 is 0.360 bits per heavy atom. The van der Waals surface area contributed by atoms with E-state index >= 15 is 0 Å². The quantitative estimate of drug-likeness (QED) is 0.0253. The molecule has 34 heteroatoms. The van der Waals surface area contributed by atoms with Crippen LogP contribution in [0.1, 0.15) is 164 Å². The third-order valence-electron chi connectivity index (χ3n) is 24.3. The fraction of sp³-hybridized carbons (Fsp3) is 0.549. The summed E-state index contributed by atoms with van der Waals surface area (Å²) in [5.74, 6) is 6.55. The van der Waals surface area contributed by atoms with Gasteiger partial charge in [-0.3, -0.25) is 19.2 Å². The number of amides is 4. The van der Waals surface area contributed by atoms with Crippen LogP contribution in [0.5, 0.6) is 92.0 Å². The van der Waals surface area contributed by atoms with E-state index in [-0.39, 0.29) is 80.9 Å². The molecule has 748 valence electrons. The van der Waals surface area contributed by atoms with Gasteiger partial charge in [0.05, 0.1) is 136 Å². The predicted molar refractivity (Wildman–Crippen MR) is 524 cm³/mol. The molecule has 31 nitrogen and oxygen atoms in total. The van der Waals surface area contributed by atoms with E-state index in [0.717, 1.165) is 48.2 Å². The van der Waals surface area contributed by atoms with Gasteiger partial charge in [-0.25, -0.2) is 0 Å². The predicted octanol–water partition coefficient (Wildman–Crippen LogP) is 15.4. The summed E-state index contributed by atoms with van der Waals surface area (Å²) in [6.07, 6.45) is 6.35. The summed E-state index contributed by atoms with van der Waals surface area (Å²) in [7, 11) is 12.7. The molecule has 2 fully saturated rings. The number of unbranched alkanes of at least 4 members (excludes halogenated alkanes) is 1. The van der Waals surface area contributed by atoms with E-state index in [1.807, 2.05) is 53.4 Å². The summed E-state index contributed by atoms with van der Waals surface area (Å²) in [4.78, 5) is 56.8. The molecule has 0 unspecified atom stereocenters. The highest BCUT2D eigenvalue weighted by Crippen LogP contribution is 2.54. The molecule has 7 N–H and O–H groups in total. The van der Waals surface area contributed by atoms with Crippen LogP contribution in [0.3, 0.4) is 0 Å². The molecule has 7 aromatic rings. The molecule has 4 amide bonds. The number of nitrogens with zero attached hydrogens (tertiary/aromatic N) is 2. The molecule has 13 heterocycles. The Labute approximate surface area is 815 Å². The number of alkyl halides is 3. The molecule has 2 spiro atoms. The molecular weight excluding hydrogens is 1810 g/mol. The van der Waals surface area contributed by atoms with Gasteiger partial charge in [0.25, 0.3) is 9.70 Å². The number of methoxy groups -OCH3 is 8. The Morgan fingerprint density at radius 3 is 0.963 bits per heavy atom. The van der Waals surface area contributed by atoms with E-state index in [1.165, 1.54) is 16.7 Å². The number of carbonyl (C=O) groups is 4. The standard InChI is InChI=1S/C78H106Cl3N5O16.C24H34N2O8/c1-74(2,3)52-39-51(40-53(41-52)75(4,5)6)50-82-28-16-15-21-66(87)83-29-22-67(88)85-31-24-76(25-32-85)54-42-58(91-7)69(59(43-54)92-8)99-35-17-19-37-101-71-62(95-11)46-56(47-63(71)96-12)77(26-33-86(34-27-77)68(89)23-30-84-73(90)78(79,80)81)57-48-64(97-13)72(65(49-57)98-14)102-38-20-18-36-100-70-60(93-9)44-55(76)45-61(70)94-10;25-19-1-3-21-23(17-19)33-15-11-29-7-8-30-12-16-34-24-18-20(26)2-4-22(24)32-14-10-28-6-5-27-9-13-31-21/h39-49,82H,15-38,50H2,1-14H3,(H,83,87)(H,84,90);1-4,17-18H,5-16,25-26H2. The molecule has 13 aliphatic rings. The summed E-state index contributed by atoms with van der Waals surface area (Å²) < 4.78 is 118. The lowest BCUT2D eigenvalue weighted by Gasteiger charge is -2.43.